The Bertz CT molecular complexity index is 629. The lowest BCUT2D eigenvalue weighted by Crippen LogP contribution is -2.20. The zero-order valence-electron chi connectivity index (χ0n) is 13.5. The first kappa shape index (κ1) is 15.9. The molecule has 1 N–H and O–H groups in total. The van der Waals surface area contributed by atoms with Crippen LogP contribution in [-0.4, -0.2) is 34.5 Å². The third kappa shape index (κ3) is 4.05. The van der Waals surface area contributed by atoms with Gasteiger partial charge in [0.1, 0.15) is 5.82 Å². The molecule has 0 aliphatic carbocycles. The third-order valence-corrected chi connectivity index (χ3v) is 4.26. The van der Waals surface area contributed by atoms with E-state index >= 15 is 0 Å². The van der Waals surface area contributed by atoms with Gasteiger partial charge in [-0.3, -0.25) is 4.90 Å². The van der Waals surface area contributed by atoms with Crippen molar-refractivity contribution in [2.45, 2.75) is 32.2 Å². The van der Waals surface area contributed by atoms with Crippen LogP contribution in [0.4, 0.5) is 10.3 Å². The Morgan fingerprint density at radius 1 is 1.26 bits per heavy atom. The highest BCUT2D eigenvalue weighted by Crippen LogP contribution is 2.29. The topological polar surface area (TPSA) is 41.1 Å². The van der Waals surface area contributed by atoms with Crippen molar-refractivity contribution in [3.8, 4) is 0 Å². The fourth-order valence-corrected chi connectivity index (χ4v) is 3.06. The summed E-state index contributed by atoms with van der Waals surface area (Å²) in [6.45, 7) is 5.68. The fraction of sp³-hybridized carbons (Fsp3) is 0.444. The predicted molar refractivity (Wildman–Crippen MR) is 89.8 cm³/mol. The Morgan fingerprint density at radius 2 is 2.04 bits per heavy atom. The maximum Gasteiger partial charge on any atom is 0.222 e. The molecule has 0 radical (unpaired) electrons. The molecule has 0 unspecified atom stereocenters. The summed E-state index contributed by atoms with van der Waals surface area (Å²) < 4.78 is 13.9. The summed E-state index contributed by atoms with van der Waals surface area (Å²) in [6, 6.07) is 7.11. The van der Waals surface area contributed by atoms with Crippen molar-refractivity contribution in [2.24, 2.45) is 0 Å². The Kier molecular flexibility index (Phi) is 5.18. The van der Waals surface area contributed by atoms with Crippen LogP contribution in [0.1, 0.15) is 36.8 Å². The van der Waals surface area contributed by atoms with Crippen LogP contribution in [0, 0.1) is 5.82 Å². The summed E-state index contributed by atoms with van der Waals surface area (Å²) in [4.78, 5) is 11.0. The summed E-state index contributed by atoms with van der Waals surface area (Å²) in [7, 11) is 0. The molecule has 0 amide bonds. The Labute approximate surface area is 136 Å². The number of anilines is 1. The zero-order valence-corrected chi connectivity index (χ0v) is 13.5. The smallest absolute Gasteiger partial charge is 0.222 e. The molecule has 0 saturated carbocycles. The van der Waals surface area contributed by atoms with Gasteiger partial charge < -0.3 is 5.32 Å². The molecule has 1 aromatic heterocycles. The van der Waals surface area contributed by atoms with E-state index in [9.17, 15) is 4.39 Å². The quantitative estimate of drug-likeness (QED) is 0.887. The van der Waals surface area contributed by atoms with E-state index in [0.717, 1.165) is 50.1 Å². The average molecular weight is 314 g/mol. The predicted octanol–water partition coefficient (Wildman–Crippen LogP) is 3.43. The summed E-state index contributed by atoms with van der Waals surface area (Å²) in [5.74, 6) is 0.873. The van der Waals surface area contributed by atoms with Crippen molar-refractivity contribution in [1.29, 1.82) is 0 Å². The minimum Gasteiger partial charge on any atom is -0.354 e. The van der Waals surface area contributed by atoms with Gasteiger partial charge in [0.25, 0.3) is 0 Å². The molecule has 2 aromatic rings. The molecular formula is C18H23FN4. The Morgan fingerprint density at radius 3 is 2.78 bits per heavy atom. The molecule has 23 heavy (non-hydrogen) atoms. The second-order valence-electron chi connectivity index (χ2n) is 6.08. The number of aromatic nitrogens is 2. The molecule has 1 aliphatic heterocycles. The zero-order chi connectivity index (χ0) is 16.1. The van der Waals surface area contributed by atoms with Gasteiger partial charge >= 0.3 is 0 Å². The van der Waals surface area contributed by atoms with E-state index in [0.29, 0.717) is 5.95 Å². The first-order valence-corrected chi connectivity index (χ1v) is 8.28. The van der Waals surface area contributed by atoms with Crippen molar-refractivity contribution in [3.05, 3.63) is 53.6 Å². The van der Waals surface area contributed by atoms with Gasteiger partial charge in [-0.25, -0.2) is 14.4 Å². The number of benzene rings is 1. The fourth-order valence-electron chi connectivity index (χ4n) is 3.06. The number of nitrogens with zero attached hydrogens (tertiary/aromatic N) is 3. The van der Waals surface area contributed by atoms with Gasteiger partial charge in [-0.05, 0) is 31.0 Å². The highest BCUT2D eigenvalue weighted by Gasteiger charge is 2.25. The summed E-state index contributed by atoms with van der Waals surface area (Å²) in [5, 5.41) is 3.17. The molecule has 3 rings (SSSR count). The number of rotatable bonds is 6. The van der Waals surface area contributed by atoms with Gasteiger partial charge in [0, 0.05) is 43.5 Å². The molecule has 1 atom stereocenters. The lowest BCUT2D eigenvalue weighted by molar-refractivity contribution is 0.325. The number of hydrogen-bond donors (Lipinski definition) is 1. The first-order chi connectivity index (χ1) is 11.3. The molecule has 1 aliphatic rings. The minimum atomic E-state index is -0.0889. The highest BCUT2D eigenvalue weighted by atomic mass is 19.1. The Hall–Kier alpha value is -2.01. The van der Waals surface area contributed by atoms with E-state index in [-0.39, 0.29) is 11.7 Å². The second kappa shape index (κ2) is 7.51. The maximum atomic E-state index is 13.9. The Balaban J connectivity index is 1.56. The molecule has 0 spiro atoms. The van der Waals surface area contributed by atoms with Crippen molar-refractivity contribution >= 4 is 5.95 Å². The van der Waals surface area contributed by atoms with Crippen LogP contribution in [0.3, 0.4) is 0 Å². The van der Waals surface area contributed by atoms with Gasteiger partial charge in [-0.2, -0.15) is 0 Å². The second-order valence-corrected chi connectivity index (χ2v) is 6.08. The average Bonchev–Trinajstić information content (AvgIpc) is 3.03. The van der Waals surface area contributed by atoms with Gasteiger partial charge in [0.05, 0.1) is 0 Å². The van der Waals surface area contributed by atoms with E-state index in [4.69, 9.17) is 0 Å². The first-order valence-electron chi connectivity index (χ1n) is 8.28. The maximum absolute atomic E-state index is 13.9. The van der Waals surface area contributed by atoms with E-state index in [2.05, 4.69) is 27.1 Å². The van der Waals surface area contributed by atoms with Crippen LogP contribution in [0.5, 0.6) is 0 Å². The van der Waals surface area contributed by atoms with Crippen LogP contribution >= 0.6 is 0 Å². The van der Waals surface area contributed by atoms with Crippen LogP contribution in [0.15, 0.2) is 36.7 Å². The molecule has 1 aromatic carbocycles. The number of nitrogens with one attached hydrogen (secondary N) is 1. The molecule has 0 bridgehead atoms. The van der Waals surface area contributed by atoms with E-state index in [1.165, 1.54) is 0 Å². The minimum absolute atomic E-state index is 0.0889. The molecule has 4 nitrogen and oxygen atoms in total. The van der Waals surface area contributed by atoms with Crippen LogP contribution < -0.4 is 5.32 Å². The lowest BCUT2D eigenvalue weighted by atomic mass is 9.98. The number of halogens is 1. The summed E-state index contributed by atoms with van der Waals surface area (Å²) in [6.07, 6.45) is 5.80. The number of hydrogen-bond acceptors (Lipinski definition) is 4. The molecule has 5 heteroatoms. The van der Waals surface area contributed by atoms with E-state index in [1.807, 2.05) is 24.5 Å². The van der Waals surface area contributed by atoms with Crippen LogP contribution in [0.2, 0.25) is 0 Å². The van der Waals surface area contributed by atoms with E-state index < -0.39 is 0 Å². The monoisotopic (exact) mass is 314 g/mol. The van der Waals surface area contributed by atoms with Gasteiger partial charge in [0.2, 0.25) is 5.95 Å². The lowest BCUT2D eigenvalue weighted by Gasteiger charge is -2.16. The van der Waals surface area contributed by atoms with Crippen molar-refractivity contribution < 1.29 is 4.39 Å². The molecule has 1 fully saturated rings. The van der Waals surface area contributed by atoms with Crippen LogP contribution in [0.25, 0.3) is 0 Å². The normalized spacial score (nSPS) is 18.3. The van der Waals surface area contributed by atoms with Crippen molar-refractivity contribution in [2.75, 3.05) is 25.0 Å². The van der Waals surface area contributed by atoms with Crippen molar-refractivity contribution in [1.82, 2.24) is 14.9 Å². The summed E-state index contributed by atoms with van der Waals surface area (Å²) >= 11 is 0. The van der Waals surface area contributed by atoms with Gasteiger partial charge in [-0.1, -0.05) is 25.1 Å². The van der Waals surface area contributed by atoms with Crippen molar-refractivity contribution in [3.63, 3.8) is 0 Å². The standard InChI is InChI=1S/C18H23FN4/c1-2-8-20-18-21-10-14(11-22-18)12-23-9-7-15(13-23)16-5-3-4-6-17(16)19/h3-6,10-11,15H,2,7-9,12-13H2,1H3,(H,20,21,22)/t15-/m0/s1. The highest BCUT2D eigenvalue weighted by molar-refractivity contribution is 5.25. The molecule has 122 valence electrons. The van der Waals surface area contributed by atoms with Gasteiger partial charge in [0.15, 0.2) is 0 Å². The third-order valence-electron chi connectivity index (χ3n) is 4.26. The SMILES string of the molecule is CCCNc1ncc(CN2CC[C@H](c3ccccc3F)C2)cn1. The van der Waals surface area contributed by atoms with E-state index in [1.54, 1.807) is 12.1 Å². The molecule has 2 heterocycles. The number of likely N-dealkylation sites (tertiary alicyclic amines) is 1. The van der Waals surface area contributed by atoms with Crippen LogP contribution in [-0.2, 0) is 6.54 Å². The largest absolute Gasteiger partial charge is 0.354 e. The molecular weight excluding hydrogens is 291 g/mol. The summed E-state index contributed by atoms with van der Waals surface area (Å²) in [5.41, 5.74) is 1.94. The van der Waals surface area contributed by atoms with Gasteiger partial charge in [-0.15, -0.1) is 0 Å². The molecule has 1 saturated heterocycles.